The molecule has 0 spiro atoms. The van der Waals surface area contributed by atoms with E-state index in [0.717, 1.165) is 0 Å². The summed E-state index contributed by atoms with van der Waals surface area (Å²) in [5, 5.41) is -0.590. The van der Waals surface area contributed by atoms with Crippen LogP contribution >= 0.6 is 11.6 Å². The zero-order valence-electron chi connectivity index (χ0n) is 6.10. The number of hydrogen-bond donors (Lipinski definition) is 0. The van der Waals surface area contributed by atoms with Crippen molar-refractivity contribution in [2.45, 2.75) is 19.9 Å². The largest absolute Gasteiger partial charge is 0.324 e. The molecule has 0 fully saturated rings. The Labute approximate surface area is 65.0 Å². The average molecular weight is 168 g/mol. The molecule has 0 aliphatic rings. The van der Waals surface area contributed by atoms with E-state index in [2.05, 4.69) is 0 Å². The fourth-order valence-electron chi connectivity index (χ4n) is 0.640. The van der Waals surface area contributed by atoms with E-state index in [9.17, 15) is 9.18 Å². The molecule has 0 saturated heterocycles. The second-order valence-electron chi connectivity index (χ2n) is 2.23. The first-order chi connectivity index (χ1) is 4.59. The van der Waals surface area contributed by atoms with E-state index in [1.165, 1.54) is 4.90 Å². The van der Waals surface area contributed by atoms with Gasteiger partial charge in [0.2, 0.25) is 0 Å². The van der Waals surface area contributed by atoms with E-state index in [-0.39, 0.29) is 12.6 Å². The fraction of sp³-hybridized carbons (Fsp3) is 0.833. The molecule has 0 N–H and O–H groups in total. The number of amides is 1. The summed E-state index contributed by atoms with van der Waals surface area (Å²) in [5.41, 5.74) is 0. The predicted octanol–water partition coefficient (Wildman–Crippen LogP) is 2.03. The van der Waals surface area contributed by atoms with E-state index in [4.69, 9.17) is 11.6 Å². The topological polar surface area (TPSA) is 20.3 Å². The smallest absolute Gasteiger partial charge is 0.316 e. The zero-order valence-corrected chi connectivity index (χ0v) is 6.86. The summed E-state index contributed by atoms with van der Waals surface area (Å²) >= 11 is 5.14. The maximum atomic E-state index is 11.7. The van der Waals surface area contributed by atoms with Crippen molar-refractivity contribution >= 4 is 17.0 Å². The van der Waals surface area contributed by atoms with E-state index in [1.54, 1.807) is 13.8 Å². The first-order valence-electron chi connectivity index (χ1n) is 3.11. The van der Waals surface area contributed by atoms with Crippen molar-refractivity contribution < 1.29 is 9.18 Å². The molecule has 0 aliphatic carbocycles. The number of alkyl halides is 1. The van der Waals surface area contributed by atoms with Gasteiger partial charge in [-0.3, -0.25) is 4.79 Å². The van der Waals surface area contributed by atoms with Crippen molar-refractivity contribution in [1.29, 1.82) is 0 Å². The summed E-state index contributed by atoms with van der Waals surface area (Å²) < 4.78 is 11.7. The summed E-state index contributed by atoms with van der Waals surface area (Å²) in [5.74, 6) is 0. The summed E-state index contributed by atoms with van der Waals surface area (Å²) in [6, 6.07) is -0.0271. The lowest BCUT2D eigenvalue weighted by Crippen LogP contribution is -2.34. The molecule has 0 aliphatic heterocycles. The molecule has 0 saturated carbocycles. The molecule has 0 atom stereocenters. The van der Waals surface area contributed by atoms with Crippen LogP contribution in [0, 0.1) is 0 Å². The second kappa shape index (κ2) is 4.50. The molecule has 0 aromatic rings. The Kier molecular flexibility index (Phi) is 4.36. The molecular weight excluding hydrogens is 157 g/mol. The van der Waals surface area contributed by atoms with Crippen molar-refractivity contribution in [3.63, 3.8) is 0 Å². The van der Waals surface area contributed by atoms with Gasteiger partial charge in [-0.25, -0.2) is 4.39 Å². The summed E-state index contributed by atoms with van der Waals surface area (Å²) in [4.78, 5) is 11.8. The highest BCUT2D eigenvalue weighted by molar-refractivity contribution is 6.62. The lowest BCUT2D eigenvalue weighted by atomic mass is 10.3. The summed E-state index contributed by atoms with van der Waals surface area (Å²) in [6.45, 7) is 3.11. The number of carbonyl (C=O) groups is 1. The Morgan fingerprint density at radius 1 is 1.70 bits per heavy atom. The van der Waals surface area contributed by atoms with Crippen LogP contribution in [0.15, 0.2) is 0 Å². The van der Waals surface area contributed by atoms with Gasteiger partial charge in [0, 0.05) is 6.04 Å². The van der Waals surface area contributed by atoms with Crippen LogP contribution in [0.25, 0.3) is 0 Å². The molecule has 0 bridgehead atoms. The minimum absolute atomic E-state index is 0.0271. The Morgan fingerprint density at radius 3 is 2.30 bits per heavy atom. The summed E-state index contributed by atoms with van der Waals surface area (Å²) in [7, 11) is 0. The molecule has 0 rings (SSSR count). The van der Waals surface area contributed by atoms with Crippen LogP contribution in [0.4, 0.5) is 9.18 Å². The van der Waals surface area contributed by atoms with Gasteiger partial charge in [0.15, 0.2) is 0 Å². The van der Waals surface area contributed by atoms with Gasteiger partial charge in [-0.2, -0.15) is 0 Å². The minimum Gasteiger partial charge on any atom is -0.324 e. The van der Waals surface area contributed by atoms with Crippen molar-refractivity contribution in [2.24, 2.45) is 0 Å². The average Bonchev–Trinajstić information content (AvgIpc) is 1.81. The number of halogens is 2. The van der Waals surface area contributed by atoms with Gasteiger partial charge in [0.05, 0.1) is 6.54 Å². The molecule has 2 nitrogen and oxygen atoms in total. The molecule has 0 radical (unpaired) electrons. The standard InChI is InChI=1S/C6H11ClFNO/c1-5(2)9(4-3-8)6(7)10/h5H,3-4H2,1-2H3. The van der Waals surface area contributed by atoms with E-state index >= 15 is 0 Å². The first-order valence-corrected chi connectivity index (χ1v) is 3.49. The Balaban J connectivity index is 3.85. The van der Waals surface area contributed by atoms with Crippen LogP contribution in [-0.2, 0) is 0 Å². The van der Waals surface area contributed by atoms with E-state index < -0.39 is 12.0 Å². The van der Waals surface area contributed by atoms with Crippen LogP contribution in [0.3, 0.4) is 0 Å². The Hall–Kier alpha value is -0.310. The minimum atomic E-state index is -0.590. The van der Waals surface area contributed by atoms with Gasteiger partial charge < -0.3 is 4.90 Å². The van der Waals surface area contributed by atoms with E-state index in [0.29, 0.717) is 0 Å². The maximum Gasteiger partial charge on any atom is 0.316 e. The van der Waals surface area contributed by atoms with Crippen molar-refractivity contribution in [2.75, 3.05) is 13.2 Å². The number of carbonyl (C=O) groups excluding carboxylic acids is 1. The molecule has 0 unspecified atom stereocenters. The monoisotopic (exact) mass is 167 g/mol. The molecule has 0 heterocycles. The van der Waals surface area contributed by atoms with Gasteiger partial charge >= 0.3 is 5.37 Å². The Bertz CT molecular complexity index is 118. The normalized spacial score (nSPS) is 10.1. The molecular formula is C6H11ClFNO. The number of nitrogens with zero attached hydrogens (tertiary/aromatic N) is 1. The first kappa shape index (κ1) is 9.69. The Morgan fingerprint density at radius 2 is 2.20 bits per heavy atom. The summed E-state index contributed by atoms with van der Waals surface area (Å²) in [6.07, 6.45) is 0. The second-order valence-corrected chi connectivity index (χ2v) is 2.55. The van der Waals surface area contributed by atoms with Crippen LogP contribution in [-0.4, -0.2) is 29.5 Å². The third-order valence-electron chi connectivity index (χ3n) is 1.17. The van der Waals surface area contributed by atoms with Crippen LogP contribution in [0.1, 0.15) is 13.8 Å². The lowest BCUT2D eigenvalue weighted by Gasteiger charge is -2.21. The van der Waals surface area contributed by atoms with Crippen molar-refractivity contribution in [1.82, 2.24) is 4.90 Å². The van der Waals surface area contributed by atoms with E-state index in [1.807, 2.05) is 0 Å². The number of hydrogen-bond acceptors (Lipinski definition) is 1. The van der Waals surface area contributed by atoms with Crippen LogP contribution in [0.2, 0.25) is 0 Å². The van der Waals surface area contributed by atoms with Gasteiger partial charge in [0.1, 0.15) is 6.67 Å². The molecule has 10 heavy (non-hydrogen) atoms. The van der Waals surface area contributed by atoms with Gasteiger partial charge in [-0.15, -0.1) is 0 Å². The van der Waals surface area contributed by atoms with Gasteiger partial charge in [0.25, 0.3) is 0 Å². The molecule has 0 aromatic carbocycles. The molecule has 60 valence electrons. The van der Waals surface area contributed by atoms with Crippen LogP contribution < -0.4 is 0 Å². The zero-order chi connectivity index (χ0) is 8.15. The highest BCUT2D eigenvalue weighted by atomic mass is 35.5. The van der Waals surface area contributed by atoms with Crippen LogP contribution in [0.5, 0.6) is 0 Å². The predicted molar refractivity (Wildman–Crippen MR) is 39.1 cm³/mol. The fourth-order valence-corrected chi connectivity index (χ4v) is 0.920. The lowest BCUT2D eigenvalue weighted by molar-refractivity contribution is 0.200. The highest BCUT2D eigenvalue weighted by Crippen LogP contribution is 2.02. The number of rotatable bonds is 3. The highest BCUT2D eigenvalue weighted by Gasteiger charge is 2.12. The molecule has 4 heteroatoms. The third kappa shape index (κ3) is 3.01. The molecule has 0 aromatic heterocycles. The third-order valence-corrected chi connectivity index (χ3v) is 1.39. The van der Waals surface area contributed by atoms with Gasteiger partial charge in [-0.05, 0) is 25.4 Å². The SMILES string of the molecule is CC(C)N(CCF)C(=O)Cl. The maximum absolute atomic E-state index is 11.7. The van der Waals surface area contributed by atoms with Crippen molar-refractivity contribution in [3.8, 4) is 0 Å². The molecule has 1 amide bonds. The van der Waals surface area contributed by atoms with Crippen molar-refractivity contribution in [3.05, 3.63) is 0 Å². The van der Waals surface area contributed by atoms with Gasteiger partial charge in [-0.1, -0.05) is 0 Å². The quantitative estimate of drug-likeness (QED) is 0.465.